The lowest BCUT2D eigenvalue weighted by Gasteiger charge is -2.21. The second kappa shape index (κ2) is 13.3. The molecule has 12 rings (SSSR count). The van der Waals surface area contributed by atoms with Crippen LogP contribution in [0.1, 0.15) is 25.0 Å². The molecule has 5 heteroatoms. The number of hydrogen-bond acceptors (Lipinski definition) is 5. The zero-order valence-corrected chi connectivity index (χ0v) is 33.8. The van der Waals surface area contributed by atoms with E-state index in [1.807, 2.05) is 29.5 Å². The third kappa shape index (κ3) is 5.43. The number of para-hydroxylation sites is 1. The lowest BCUT2D eigenvalue weighted by Crippen LogP contribution is -2.14. The van der Waals surface area contributed by atoms with Gasteiger partial charge >= 0.3 is 0 Å². The Morgan fingerprint density at radius 3 is 1.80 bits per heavy atom. The second-order valence-corrected chi connectivity index (χ2v) is 17.3. The van der Waals surface area contributed by atoms with Gasteiger partial charge in [0.2, 0.25) is 0 Å². The summed E-state index contributed by atoms with van der Waals surface area (Å²) in [7, 11) is 0. The van der Waals surface area contributed by atoms with Crippen molar-refractivity contribution >= 4 is 53.2 Å². The Morgan fingerprint density at radius 1 is 0.383 bits per heavy atom. The lowest BCUT2D eigenvalue weighted by atomic mass is 9.82. The first-order valence-corrected chi connectivity index (χ1v) is 21.2. The van der Waals surface area contributed by atoms with Gasteiger partial charge in [-0.25, -0.2) is 19.9 Å². The molecular formula is C55H36N4S. The normalized spacial score (nSPS) is 13.0. The molecule has 60 heavy (non-hydrogen) atoms. The van der Waals surface area contributed by atoms with E-state index in [4.69, 9.17) is 19.9 Å². The summed E-state index contributed by atoms with van der Waals surface area (Å²) in [5, 5.41) is 6.12. The maximum Gasteiger partial charge on any atom is 0.164 e. The molecule has 0 atom stereocenters. The zero-order chi connectivity index (χ0) is 40.0. The van der Waals surface area contributed by atoms with Crippen LogP contribution in [0.5, 0.6) is 0 Å². The first kappa shape index (κ1) is 34.7. The van der Waals surface area contributed by atoms with Crippen LogP contribution in [0.2, 0.25) is 0 Å². The molecule has 0 amide bonds. The third-order valence-electron chi connectivity index (χ3n) is 12.3. The molecule has 0 aliphatic heterocycles. The van der Waals surface area contributed by atoms with Crippen LogP contribution in [-0.4, -0.2) is 19.9 Å². The average molecular weight is 785 g/mol. The van der Waals surface area contributed by atoms with Crippen LogP contribution < -0.4 is 0 Å². The summed E-state index contributed by atoms with van der Waals surface area (Å²) >= 11 is 1.86. The summed E-state index contributed by atoms with van der Waals surface area (Å²) in [6.45, 7) is 4.61. The standard InChI is InChI=1S/C55H36N4S/c1-55(2)45-22-11-9-20-39(45)43-32-38(24-28-46(43)55)54-58-52(34-16-7-4-8-17-34)57-53(59-54)37-19-13-18-35(30-37)36-25-29-48-44(31-36)40-26-27-42-49(51(40)60-48)41-21-10-12-23-47(41)56-50(42)33-14-5-3-6-15-33/h3-32H,1-2H3. The molecule has 1 aliphatic carbocycles. The van der Waals surface area contributed by atoms with E-state index in [1.54, 1.807) is 0 Å². The molecule has 4 nitrogen and oxygen atoms in total. The quantitative estimate of drug-likeness (QED) is 0.163. The zero-order valence-electron chi connectivity index (χ0n) is 33.0. The maximum absolute atomic E-state index is 5.19. The number of rotatable bonds is 5. The molecule has 0 N–H and O–H groups in total. The molecule has 1 aliphatic rings. The molecule has 11 aromatic rings. The number of fused-ring (bicyclic) bond motifs is 10. The van der Waals surface area contributed by atoms with Crippen LogP contribution in [0.3, 0.4) is 0 Å². The van der Waals surface area contributed by atoms with Crippen LogP contribution in [0.4, 0.5) is 0 Å². The van der Waals surface area contributed by atoms with E-state index < -0.39 is 0 Å². The van der Waals surface area contributed by atoms with Crippen molar-refractivity contribution in [1.82, 2.24) is 19.9 Å². The van der Waals surface area contributed by atoms with Crippen molar-refractivity contribution in [3.8, 4) is 67.7 Å². The van der Waals surface area contributed by atoms with E-state index in [-0.39, 0.29) is 5.41 Å². The molecule has 0 unspecified atom stereocenters. The van der Waals surface area contributed by atoms with E-state index in [1.165, 1.54) is 58.6 Å². The smallest absolute Gasteiger partial charge is 0.164 e. The van der Waals surface area contributed by atoms with Crippen molar-refractivity contribution in [2.75, 3.05) is 0 Å². The van der Waals surface area contributed by atoms with Gasteiger partial charge in [0.1, 0.15) is 0 Å². The van der Waals surface area contributed by atoms with Crippen molar-refractivity contribution in [1.29, 1.82) is 0 Å². The fraction of sp³-hybridized carbons (Fsp3) is 0.0545. The van der Waals surface area contributed by atoms with Gasteiger partial charge in [0.05, 0.1) is 11.2 Å². The number of thiophene rings is 1. The van der Waals surface area contributed by atoms with Gasteiger partial charge in [-0.05, 0) is 63.7 Å². The van der Waals surface area contributed by atoms with Gasteiger partial charge < -0.3 is 0 Å². The van der Waals surface area contributed by atoms with Gasteiger partial charge in [0, 0.05) is 64.0 Å². The number of benzene rings is 8. The largest absolute Gasteiger partial charge is 0.247 e. The molecular weight excluding hydrogens is 749 g/mol. The van der Waals surface area contributed by atoms with Crippen molar-refractivity contribution in [3.63, 3.8) is 0 Å². The van der Waals surface area contributed by atoms with E-state index in [0.717, 1.165) is 44.6 Å². The van der Waals surface area contributed by atoms with Gasteiger partial charge in [-0.3, -0.25) is 0 Å². The Bertz CT molecular complexity index is 3520. The Balaban J connectivity index is 0.988. The molecule has 0 fully saturated rings. The van der Waals surface area contributed by atoms with Crippen molar-refractivity contribution in [2.24, 2.45) is 0 Å². The summed E-state index contributed by atoms with van der Waals surface area (Å²) in [5.74, 6) is 1.95. The first-order chi connectivity index (χ1) is 29.5. The summed E-state index contributed by atoms with van der Waals surface area (Å²) in [4.78, 5) is 20.6. The van der Waals surface area contributed by atoms with Gasteiger partial charge in [-0.15, -0.1) is 11.3 Å². The first-order valence-electron chi connectivity index (χ1n) is 20.4. The number of pyridine rings is 1. The summed E-state index contributed by atoms with van der Waals surface area (Å²) in [6.07, 6.45) is 0. The number of aromatic nitrogens is 4. The molecule has 0 bridgehead atoms. The highest BCUT2D eigenvalue weighted by molar-refractivity contribution is 7.26. The van der Waals surface area contributed by atoms with E-state index in [9.17, 15) is 0 Å². The van der Waals surface area contributed by atoms with Crippen molar-refractivity contribution < 1.29 is 0 Å². The van der Waals surface area contributed by atoms with Gasteiger partial charge in [0.25, 0.3) is 0 Å². The van der Waals surface area contributed by atoms with Crippen LogP contribution in [-0.2, 0) is 5.41 Å². The summed E-state index contributed by atoms with van der Waals surface area (Å²) in [5.41, 5.74) is 13.4. The molecule has 282 valence electrons. The van der Waals surface area contributed by atoms with Crippen LogP contribution >= 0.6 is 11.3 Å². The monoisotopic (exact) mass is 784 g/mol. The predicted octanol–water partition coefficient (Wildman–Crippen LogP) is 14.6. The van der Waals surface area contributed by atoms with Gasteiger partial charge in [-0.1, -0.05) is 166 Å². The van der Waals surface area contributed by atoms with Gasteiger partial charge in [-0.2, -0.15) is 0 Å². The highest BCUT2D eigenvalue weighted by Gasteiger charge is 2.35. The van der Waals surface area contributed by atoms with Crippen molar-refractivity contribution in [3.05, 3.63) is 193 Å². The SMILES string of the molecule is CC1(C)c2ccccc2-c2cc(-c3nc(-c4ccccc4)nc(-c4cccc(-c5ccc6sc7c(ccc8c(-c9ccccc9)nc9ccccc9c87)c6c5)c4)n3)ccc21. The second-order valence-electron chi connectivity index (χ2n) is 16.2. The average Bonchev–Trinajstić information content (AvgIpc) is 3.80. The van der Waals surface area contributed by atoms with E-state index in [2.05, 4.69) is 178 Å². The Hall–Kier alpha value is -7.34. The van der Waals surface area contributed by atoms with Crippen LogP contribution in [0, 0.1) is 0 Å². The molecule has 0 saturated carbocycles. The van der Waals surface area contributed by atoms with E-state index in [0.29, 0.717) is 17.5 Å². The summed E-state index contributed by atoms with van der Waals surface area (Å²) in [6, 6.07) is 64.7. The maximum atomic E-state index is 5.19. The van der Waals surface area contributed by atoms with E-state index >= 15 is 0 Å². The van der Waals surface area contributed by atoms with Crippen LogP contribution in [0.25, 0.3) is 110 Å². The molecule has 0 saturated heterocycles. The highest BCUT2D eigenvalue weighted by Crippen LogP contribution is 2.50. The Labute approximate surface area is 351 Å². The predicted molar refractivity (Wildman–Crippen MR) is 250 cm³/mol. The third-order valence-corrected chi connectivity index (χ3v) is 13.5. The number of nitrogens with zero attached hydrogens (tertiary/aromatic N) is 4. The molecule has 3 aromatic heterocycles. The Morgan fingerprint density at radius 2 is 0.983 bits per heavy atom. The fourth-order valence-electron chi connectivity index (χ4n) is 9.31. The highest BCUT2D eigenvalue weighted by atomic mass is 32.1. The molecule has 0 spiro atoms. The number of hydrogen-bond donors (Lipinski definition) is 0. The fourth-order valence-corrected chi connectivity index (χ4v) is 10.6. The lowest BCUT2D eigenvalue weighted by molar-refractivity contribution is 0.660. The minimum Gasteiger partial charge on any atom is -0.247 e. The molecule has 0 radical (unpaired) electrons. The molecule has 3 heterocycles. The minimum atomic E-state index is -0.0752. The van der Waals surface area contributed by atoms with Gasteiger partial charge in [0.15, 0.2) is 17.5 Å². The van der Waals surface area contributed by atoms with Crippen molar-refractivity contribution in [2.45, 2.75) is 19.3 Å². The summed E-state index contributed by atoms with van der Waals surface area (Å²) < 4.78 is 2.54. The molecule has 8 aromatic carbocycles. The topological polar surface area (TPSA) is 51.6 Å². The Kier molecular flexibility index (Phi) is 7.72. The minimum absolute atomic E-state index is 0.0752. The van der Waals surface area contributed by atoms with Crippen LogP contribution in [0.15, 0.2) is 182 Å².